The molecule has 0 saturated heterocycles. The summed E-state index contributed by atoms with van der Waals surface area (Å²) in [5.41, 5.74) is 1.53. The van der Waals surface area contributed by atoms with Crippen molar-refractivity contribution in [1.82, 2.24) is 0 Å². The molecule has 0 saturated carbocycles. The predicted molar refractivity (Wildman–Crippen MR) is 65.8 cm³/mol. The highest BCUT2D eigenvalue weighted by atomic mass is 32.2. The lowest BCUT2D eigenvalue weighted by Gasteiger charge is -2.18. The minimum atomic E-state index is 0.200. The van der Waals surface area contributed by atoms with E-state index in [1.807, 2.05) is 6.07 Å². The first-order chi connectivity index (χ1) is 7.04. The summed E-state index contributed by atoms with van der Waals surface area (Å²) in [6.45, 7) is 6.60. The summed E-state index contributed by atoms with van der Waals surface area (Å²) in [5, 5.41) is 10.1. The van der Waals surface area contributed by atoms with Crippen LogP contribution >= 0.6 is 11.8 Å². The van der Waals surface area contributed by atoms with E-state index in [0.29, 0.717) is 0 Å². The Kier molecular flexibility index (Phi) is 3.99. The highest BCUT2D eigenvalue weighted by Crippen LogP contribution is 2.25. The molecule has 0 spiro atoms. The molecule has 0 aliphatic heterocycles. The summed E-state index contributed by atoms with van der Waals surface area (Å²) in [5.74, 6) is 0. The molecule has 1 rings (SSSR count). The maximum atomic E-state index is 8.34. The number of benzene rings is 1. The van der Waals surface area contributed by atoms with Crippen molar-refractivity contribution in [2.24, 2.45) is 0 Å². The van der Waals surface area contributed by atoms with Crippen molar-refractivity contribution >= 4 is 11.8 Å². The molecule has 1 nitrogen and oxygen atoms in total. The van der Waals surface area contributed by atoms with Gasteiger partial charge in [-0.1, -0.05) is 44.7 Å². The van der Waals surface area contributed by atoms with E-state index in [2.05, 4.69) is 45.0 Å². The summed E-state index contributed by atoms with van der Waals surface area (Å²) in [4.78, 5) is 1.16. The molecule has 0 amide bonds. The number of hydrogen-bond donors (Lipinski definition) is 0. The van der Waals surface area contributed by atoms with Crippen LogP contribution in [0.5, 0.6) is 0 Å². The average Bonchev–Trinajstić information content (AvgIpc) is 2.18. The monoisotopic (exact) mass is 217 g/mol. The molecule has 0 aliphatic rings. The Morgan fingerprint density at radius 1 is 1.20 bits per heavy atom. The molecule has 0 radical (unpaired) electrons. The number of nitriles is 1. The second kappa shape index (κ2) is 5.04. The highest BCUT2D eigenvalue weighted by molar-refractivity contribution is 8.02. The molecule has 0 aromatic heterocycles. The quantitative estimate of drug-likeness (QED) is 0.549. The lowest BCUT2D eigenvalue weighted by atomic mass is 9.87. The Bertz CT molecular complexity index is 376. The van der Waals surface area contributed by atoms with Crippen LogP contribution in [0.2, 0.25) is 0 Å². The molecule has 1 aromatic carbocycles. The molecule has 0 heterocycles. The van der Waals surface area contributed by atoms with E-state index < -0.39 is 0 Å². The molecule has 0 aliphatic carbocycles. The summed E-state index contributed by atoms with van der Waals surface area (Å²) in [7, 11) is 0. The summed E-state index contributed by atoms with van der Waals surface area (Å²) in [6.07, 6.45) is 1.49. The molecule has 0 N–H and O–H groups in total. The molecule has 78 valence electrons. The van der Waals surface area contributed by atoms with Gasteiger partial charge < -0.3 is 0 Å². The van der Waals surface area contributed by atoms with Gasteiger partial charge in [0.05, 0.1) is 6.07 Å². The van der Waals surface area contributed by atoms with Gasteiger partial charge in [0.2, 0.25) is 0 Å². The van der Waals surface area contributed by atoms with Gasteiger partial charge in [-0.25, -0.2) is 0 Å². The fourth-order valence-corrected chi connectivity index (χ4v) is 1.76. The molecular weight excluding hydrogens is 202 g/mol. The molecule has 2 heteroatoms. The molecule has 0 unspecified atom stereocenters. The predicted octanol–water partition coefficient (Wildman–Crippen LogP) is 4.11. The maximum absolute atomic E-state index is 8.34. The second-order valence-corrected chi connectivity index (χ2v) is 5.30. The van der Waals surface area contributed by atoms with E-state index in [4.69, 9.17) is 5.26 Å². The van der Waals surface area contributed by atoms with Gasteiger partial charge in [0.1, 0.15) is 0 Å². The normalized spacial score (nSPS) is 11.6. The van der Waals surface area contributed by atoms with Gasteiger partial charge in [-0.15, -0.1) is 0 Å². The molecular formula is C13H15NS. The van der Waals surface area contributed by atoms with Crippen LogP contribution in [0.1, 0.15) is 26.3 Å². The van der Waals surface area contributed by atoms with Crippen LogP contribution in [0, 0.1) is 11.3 Å². The smallest absolute Gasteiger partial charge is 0.0917 e. The summed E-state index contributed by atoms with van der Waals surface area (Å²) < 4.78 is 0. The zero-order chi connectivity index (χ0) is 11.3. The van der Waals surface area contributed by atoms with E-state index >= 15 is 0 Å². The number of allylic oxidation sites excluding steroid dienone is 1. The van der Waals surface area contributed by atoms with E-state index in [1.54, 1.807) is 17.2 Å². The maximum Gasteiger partial charge on any atom is 0.0917 e. The number of nitrogens with zero attached hydrogens (tertiary/aromatic N) is 1. The van der Waals surface area contributed by atoms with Crippen molar-refractivity contribution in [3.63, 3.8) is 0 Å². The summed E-state index contributed by atoms with van der Waals surface area (Å²) >= 11 is 1.56. The molecule has 1 aromatic rings. The first kappa shape index (κ1) is 11.9. The van der Waals surface area contributed by atoms with Crippen molar-refractivity contribution in [1.29, 1.82) is 5.26 Å². The topological polar surface area (TPSA) is 23.8 Å². The van der Waals surface area contributed by atoms with Crippen LogP contribution in [0.3, 0.4) is 0 Å². The minimum Gasteiger partial charge on any atom is -0.193 e. The third kappa shape index (κ3) is 3.81. The van der Waals surface area contributed by atoms with E-state index in [0.717, 1.165) is 4.90 Å². The van der Waals surface area contributed by atoms with Crippen molar-refractivity contribution in [2.45, 2.75) is 31.1 Å². The van der Waals surface area contributed by atoms with Gasteiger partial charge in [0.25, 0.3) is 0 Å². The van der Waals surface area contributed by atoms with Crippen LogP contribution in [-0.4, -0.2) is 0 Å². The van der Waals surface area contributed by atoms with Gasteiger partial charge in [-0.3, -0.25) is 0 Å². The average molecular weight is 217 g/mol. The number of rotatable bonds is 2. The van der Waals surface area contributed by atoms with E-state index in [9.17, 15) is 0 Å². The van der Waals surface area contributed by atoms with Gasteiger partial charge in [-0.2, -0.15) is 5.26 Å². The Balaban J connectivity index is 2.74. The molecule has 0 fully saturated rings. The summed E-state index contributed by atoms with van der Waals surface area (Å²) in [6, 6.07) is 10.4. The fraction of sp³-hybridized carbons (Fsp3) is 0.308. The lowest BCUT2D eigenvalue weighted by Crippen LogP contribution is -2.10. The Morgan fingerprint density at radius 2 is 1.80 bits per heavy atom. The van der Waals surface area contributed by atoms with Crippen LogP contribution in [0.15, 0.2) is 40.6 Å². The van der Waals surface area contributed by atoms with Gasteiger partial charge in [0, 0.05) is 11.0 Å². The van der Waals surface area contributed by atoms with E-state index in [1.165, 1.54) is 11.6 Å². The van der Waals surface area contributed by atoms with Gasteiger partial charge >= 0.3 is 0 Å². The zero-order valence-electron chi connectivity index (χ0n) is 9.32. The first-order valence-corrected chi connectivity index (χ1v) is 5.74. The number of hydrogen-bond acceptors (Lipinski definition) is 2. The van der Waals surface area contributed by atoms with Crippen LogP contribution < -0.4 is 0 Å². The van der Waals surface area contributed by atoms with E-state index in [-0.39, 0.29) is 5.41 Å². The third-order valence-electron chi connectivity index (χ3n) is 2.07. The number of thioether (sulfide) groups is 1. The third-order valence-corrected chi connectivity index (χ3v) is 2.88. The molecule has 15 heavy (non-hydrogen) atoms. The molecule has 0 atom stereocenters. The molecule has 0 bridgehead atoms. The zero-order valence-corrected chi connectivity index (χ0v) is 10.1. The largest absolute Gasteiger partial charge is 0.193 e. The van der Waals surface area contributed by atoms with Crippen molar-refractivity contribution in [3.8, 4) is 6.07 Å². The first-order valence-electron chi connectivity index (χ1n) is 4.86. The second-order valence-electron chi connectivity index (χ2n) is 4.32. The Hall–Kier alpha value is -1.20. The van der Waals surface area contributed by atoms with Crippen molar-refractivity contribution in [3.05, 3.63) is 41.3 Å². The van der Waals surface area contributed by atoms with Crippen molar-refractivity contribution in [2.75, 3.05) is 0 Å². The van der Waals surface area contributed by atoms with Crippen LogP contribution in [0.25, 0.3) is 0 Å². The minimum absolute atomic E-state index is 0.200. The Labute approximate surface area is 95.8 Å². The lowest BCUT2D eigenvalue weighted by molar-refractivity contribution is 0.590. The highest BCUT2D eigenvalue weighted by Gasteiger charge is 2.12. The standard InChI is InChI=1S/C13H15NS/c1-13(2,3)11-5-7-12(8-6-11)15-10-4-9-14/h4-8,10H,1-3H3. The van der Waals surface area contributed by atoms with Gasteiger partial charge in [0.15, 0.2) is 0 Å². The van der Waals surface area contributed by atoms with Crippen molar-refractivity contribution < 1.29 is 0 Å². The van der Waals surface area contributed by atoms with Crippen LogP contribution in [-0.2, 0) is 5.41 Å². The van der Waals surface area contributed by atoms with Gasteiger partial charge in [-0.05, 0) is 28.5 Å². The van der Waals surface area contributed by atoms with Crippen LogP contribution in [0.4, 0.5) is 0 Å². The Morgan fingerprint density at radius 3 is 2.27 bits per heavy atom. The fourth-order valence-electron chi connectivity index (χ4n) is 1.18. The SMILES string of the molecule is CC(C)(C)c1ccc(SC=CC#N)cc1.